The largest absolute Gasteiger partial charge is 0.508 e. The fourth-order valence-corrected chi connectivity index (χ4v) is 8.69. The van der Waals surface area contributed by atoms with Crippen LogP contribution in [0.2, 0.25) is 5.02 Å². The number of carboxylic acid groups (broad SMARTS) is 1. The molecule has 3 aromatic carbocycles. The first-order chi connectivity index (χ1) is 24.0. The Labute approximate surface area is 291 Å². The number of phenolic OH excluding ortho intramolecular Hbond substituents is 1. The highest BCUT2D eigenvalue weighted by molar-refractivity contribution is 6.30. The molecule has 2 saturated heterocycles. The molecule has 0 radical (unpaired) electrons. The molecule has 6 unspecified atom stereocenters. The van der Waals surface area contributed by atoms with Crippen LogP contribution in [0, 0.1) is 29.5 Å². The summed E-state index contributed by atoms with van der Waals surface area (Å²) >= 11 is 6.31. The number of aliphatic carboxylic acids is 1. The molecule has 11 nitrogen and oxygen atoms in total. The van der Waals surface area contributed by atoms with Gasteiger partial charge in [-0.05, 0) is 73.2 Å². The number of aromatic hydroxyl groups is 1. The van der Waals surface area contributed by atoms with Crippen molar-refractivity contribution in [2.75, 3.05) is 19.1 Å². The summed E-state index contributed by atoms with van der Waals surface area (Å²) in [6.45, 7) is -0.0490. The van der Waals surface area contributed by atoms with Crippen LogP contribution in [0.5, 0.6) is 11.5 Å². The standard InChI is InChI=1S/C37H33ClFN3O8/c1-50-23-12-13-25(29(43)17-23)32-24-14-15-26-31(35(48)41(33(26)46)16-2-3-30(44)45)27(24)18-28-34(47)42(40-22-10-8-21(39)9-11-22)36(49)37(28,32)19-4-6-20(38)7-5-19/h4-14,17,26-28,31-32,40,43H,2-3,15-16,18H2,1H3,(H,44,45). The Balaban J connectivity index is 1.41. The molecule has 258 valence electrons. The van der Waals surface area contributed by atoms with Gasteiger partial charge in [0, 0.05) is 35.5 Å². The maximum absolute atomic E-state index is 15.1. The summed E-state index contributed by atoms with van der Waals surface area (Å²) in [5.74, 6) is -7.77. The molecule has 50 heavy (non-hydrogen) atoms. The number of ether oxygens (including phenoxy) is 1. The van der Waals surface area contributed by atoms with Gasteiger partial charge in [0.25, 0.3) is 11.8 Å². The van der Waals surface area contributed by atoms with Crippen molar-refractivity contribution in [3.05, 3.63) is 100 Å². The topological polar surface area (TPSA) is 154 Å². The van der Waals surface area contributed by atoms with Gasteiger partial charge in [-0.3, -0.25) is 34.3 Å². The summed E-state index contributed by atoms with van der Waals surface area (Å²) in [7, 11) is 1.45. The second-order valence-electron chi connectivity index (χ2n) is 13.1. The quantitative estimate of drug-likeness (QED) is 0.206. The average Bonchev–Trinajstić information content (AvgIpc) is 3.46. The van der Waals surface area contributed by atoms with Gasteiger partial charge in [0.1, 0.15) is 17.3 Å². The Hall–Kier alpha value is -5.23. The molecule has 4 aliphatic rings. The van der Waals surface area contributed by atoms with E-state index in [4.69, 9.17) is 21.4 Å². The van der Waals surface area contributed by atoms with Gasteiger partial charge in [0.05, 0.1) is 36.0 Å². The molecule has 0 bridgehead atoms. The Bertz CT molecular complexity index is 1950. The highest BCUT2D eigenvalue weighted by Gasteiger charge is 2.70. The second-order valence-corrected chi connectivity index (χ2v) is 13.6. The first kappa shape index (κ1) is 33.3. The van der Waals surface area contributed by atoms with E-state index in [9.17, 15) is 28.7 Å². The monoisotopic (exact) mass is 701 g/mol. The third kappa shape index (κ3) is 5.12. The van der Waals surface area contributed by atoms with Gasteiger partial charge in [-0.15, -0.1) is 0 Å². The number of fused-ring (bicyclic) bond motifs is 4. The minimum absolute atomic E-state index is 0.0250. The van der Waals surface area contributed by atoms with Crippen LogP contribution in [-0.4, -0.2) is 63.4 Å². The Morgan fingerprint density at radius 1 is 1.00 bits per heavy atom. The van der Waals surface area contributed by atoms with Gasteiger partial charge in [-0.2, -0.15) is 5.01 Å². The third-order valence-corrected chi connectivity index (χ3v) is 10.9. The normalized spacial score (nSPS) is 27.1. The van der Waals surface area contributed by atoms with Crippen molar-refractivity contribution >= 4 is 46.9 Å². The zero-order valence-corrected chi connectivity index (χ0v) is 27.6. The first-order valence-electron chi connectivity index (χ1n) is 16.3. The fourth-order valence-electron chi connectivity index (χ4n) is 8.57. The molecule has 1 saturated carbocycles. The molecule has 0 aromatic heterocycles. The number of anilines is 1. The highest BCUT2D eigenvalue weighted by atomic mass is 35.5. The number of carboxylic acids is 1. The lowest BCUT2D eigenvalue weighted by molar-refractivity contribution is -0.142. The number of methoxy groups -OCH3 is 1. The number of nitrogens with zero attached hydrogens (tertiary/aromatic N) is 2. The van der Waals surface area contributed by atoms with Crippen molar-refractivity contribution in [2.24, 2.45) is 23.7 Å². The molecule has 2 aliphatic carbocycles. The maximum Gasteiger partial charge on any atom is 0.303 e. The molecule has 2 aliphatic heterocycles. The van der Waals surface area contributed by atoms with Crippen LogP contribution in [0.1, 0.15) is 42.7 Å². The fraction of sp³-hybridized carbons (Fsp3) is 0.324. The van der Waals surface area contributed by atoms with Crippen LogP contribution >= 0.6 is 11.6 Å². The molecule has 6 atom stereocenters. The zero-order chi connectivity index (χ0) is 35.5. The van der Waals surface area contributed by atoms with E-state index in [1.54, 1.807) is 36.4 Å². The molecule has 7 rings (SSSR count). The van der Waals surface area contributed by atoms with E-state index in [0.717, 1.165) is 9.91 Å². The number of phenols is 1. The SMILES string of the molecule is COc1ccc(C2C3=CCC4C(=O)N(CCCC(=O)O)C(=O)C4C3CC3C(=O)N(Nc4ccc(F)cc4)C(=O)C32c2ccc(Cl)cc2)c(O)c1. The number of hydrogen-bond donors (Lipinski definition) is 3. The maximum atomic E-state index is 15.1. The van der Waals surface area contributed by atoms with E-state index in [1.165, 1.54) is 37.4 Å². The van der Waals surface area contributed by atoms with Gasteiger partial charge in [0.15, 0.2) is 0 Å². The van der Waals surface area contributed by atoms with Crippen molar-refractivity contribution in [1.29, 1.82) is 0 Å². The van der Waals surface area contributed by atoms with Crippen molar-refractivity contribution in [3.8, 4) is 11.5 Å². The van der Waals surface area contributed by atoms with E-state index in [0.29, 0.717) is 27.5 Å². The number of nitrogens with one attached hydrogen (secondary N) is 1. The van der Waals surface area contributed by atoms with Crippen molar-refractivity contribution < 1.29 is 43.3 Å². The van der Waals surface area contributed by atoms with Crippen molar-refractivity contribution in [3.63, 3.8) is 0 Å². The van der Waals surface area contributed by atoms with Gasteiger partial charge in [0.2, 0.25) is 11.8 Å². The Morgan fingerprint density at radius 3 is 2.38 bits per heavy atom. The molecule has 3 N–H and O–H groups in total. The lowest BCUT2D eigenvalue weighted by atomic mass is 9.49. The number of amides is 4. The number of allylic oxidation sites excluding steroid dienone is 2. The molecular formula is C37H33ClFN3O8. The first-order valence-corrected chi connectivity index (χ1v) is 16.7. The van der Waals surface area contributed by atoms with Gasteiger partial charge in [-0.25, -0.2) is 4.39 Å². The summed E-state index contributed by atoms with van der Waals surface area (Å²) < 4.78 is 19.1. The molecular weight excluding hydrogens is 669 g/mol. The smallest absolute Gasteiger partial charge is 0.303 e. The molecule has 2 heterocycles. The molecule has 13 heteroatoms. The van der Waals surface area contributed by atoms with Gasteiger partial charge >= 0.3 is 5.97 Å². The third-order valence-electron chi connectivity index (χ3n) is 10.7. The number of carbonyl (C=O) groups is 5. The number of halogens is 2. The minimum Gasteiger partial charge on any atom is -0.508 e. The Morgan fingerprint density at radius 2 is 1.72 bits per heavy atom. The van der Waals surface area contributed by atoms with E-state index in [1.807, 2.05) is 6.08 Å². The predicted molar refractivity (Wildman–Crippen MR) is 177 cm³/mol. The van der Waals surface area contributed by atoms with Gasteiger partial charge < -0.3 is 14.9 Å². The Kier molecular flexibility index (Phi) is 8.37. The summed E-state index contributed by atoms with van der Waals surface area (Å²) in [5.41, 5.74) is 2.93. The van der Waals surface area contributed by atoms with Crippen molar-refractivity contribution in [2.45, 2.75) is 37.0 Å². The number of rotatable bonds is 9. The van der Waals surface area contributed by atoms with Crippen LogP contribution < -0.4 is 10.2 Å². The van der Waals surface area contributed by atoms with Crippen LogP contribution in [0.25, 0.3) is 0 Å². The molecule has 0 spiro atoms. The predicted octanol–water partition coefficient (Wildman–Crippen LogP) is 5.04. The summed E-state index contributed by atoms with van der Waals surface area (Å²) in [5, 5.41) is 22.0. The summed E-state index contributed by atoms with van der Waals surface area (Å²) in [6, 6.07) is 16.5. The lowest BCUT2D eigenvalue weighted by Crippen LogP contribution is -2.53. The van der Waals surface area contributed by atoms with Crippen LogP contribution in [0.3, 0.4) is 0 Å². The zero-order valence-electron chi connectivity index (χ0n) is 26.8. The molecule has 4 amide bonds. The summed E-state index contributed by atoms with van der Waals surface area (Å²) in [6.07, 6.45) is 1.94. The number of hydrogen-bond acceptors (Lipinski definition) is 8. The van der Waals surface area contributed by atoms with E-state index in [2.05, 4.69) is 5.43 Å². The number of imide groups is 2. The number of benzene rings is 3. The van der Waals surface area contributed by atoms with Crippen molar-refractivity contribution in [1.82, 2.24) is 9.91 Å². The summed E-state index contributed by atoms with van der Waals surface area (Å²) in [4.78, 5) is 69.7. The second kappa shape index (κ2) is 12.6. The van der Waals surface area contributed by atoms with Crippen LogP contribution in [0.4, 0.5) is 10.1 Å². The molecule has 3 fully saturated rings. The van der Waals surface area contributed by atoms with Gasteiger partial charge in [-0.1, -0.05) is 41.4 Å². The number of likely N-dealkylation sites (tertiary alicyclic amines) is 1. The number of carbonyl (C=O) groups excluding carboxylic acids is 4. The molecule has 3 aromatic rings. The minimum atomic E-state index is -1.65. The van der Waals surface area contributed by atoms with Crippen LogP contribution in [-0.2, 0) is 29.4 Å². The highest BCUT2D eigenvalue weighted by Crippen LogP contribution is 2.65. The lowest BCUT2D eigenvalue weighted by Gasteiger charge is -2.50. The van der Waals surface area contributed by atoms with Crippen LogP contribution in [0.15, 0.2) is 78.4 Å². The van der Waals surface area contributed by atoms with E-state index >= 15 is 4.79 Å². The average molecular weight is 702 g/mol. The van der Waals surface area contributed by atoms with E-state index in [-0.39, 0.29) is 43.7 Å². The number of hydrazine groups is 1. The van der Waals surface area contributed by atoms with E-state index < -0.39 is 70.4 Å².